The van der Waals surface area contributed by atoms with E-state index in [1.165, 1.54) is 14.3 Å². The normalized spacial score (nSPS) is 11.3. The van der Waals surface area contributed by atoms with Gasteiger partial charge in [-0.25, -0.2) is 0 Å². The molecule has 21 heavy (non-hydrogen) atoms. The zero-order chi connectivity index (χ0) is 14.4. The maximum Gasteiger partial charge on any atom is 0.129 e. The van der Waals surface area contributed by atoms with Crippen LogP contribution in [0, 0.1) is 0 Å². The molecule has 0 fully saturated rings. The highest BCUT2D eigenvalue weighted by molar-refractivity contribution is 7.28. The second-order valence-electron chi connectivity index (χ2n) is 4.86. The van der Waals surface area contributed by atoms with Gasteiger partial charge >= 0.3 is 0 Å². The Morgan fingerprint density at radius 2 is 1.90 bits per heavy atom. The molecular formula is C16H13N3S2. The van der Waals surface area contributed by atoms with Crippen LogP contribution in [0.4, 0.5) is 5.82 Å². The largest absolute Gasteiger partial charge is 0.383 e. The third-order valence-corrected chi connectivity index (χ3v) is 5.63. The SMILES string of the molecule is Cn1nc(-c2cc3sccc3s2)c(-c2ccccc2)c1N. The molecule has 0 aliphatic rings. The van der Waals surface area contributed by atoms with Gasteiger partial charge in [-0.15, -0.1) is 22.7 Å². The number of fused-ring (bicyclic) bond motifs is 1. The number of rotatable bonds is 2. The molecule has 0 saturated heterocycles. The van der Waals surface area contributed by atoms with E-state index in [9.17, 15) is 0 Å². The summed E-state index contributed by atoms with van der Waals surface area (Å²) in [6.07, 6.45) is 0. The molecule has 2 N–H and O–H groups in total. The molecule has 0 spiro atoms. The Hall–Kier alpha value is -2.11. The van der Waals surface area contributed by atoms with Gasteiger partial charge in [0.1, 0.15) is 11.5 Å². The van der Waals surface area contributed by atoms with E-state index in [-0.39, 0.29) is 0 Å². The third-order valence-electron chi connectivity index (χ3n) is 3.53. The van der Waals surface area contributed by atoms with Crippen molar-refractivity contribution in [2.75, 3.05) is 5.73 Å². The molecule has 4 aromatic rings. The Morgan fingerprint density at radius 3 is 2.67 bits per heavy atom. The van der Waals surface area contributed by atoms with Crippen molar-refractivity contribution in [3.8, 4) is 21.7 Å². The van der Waals surface area contributed by atoms with E-state index in [2.05, 4.69) is 34.7 Å². The number of anilines is 1. The quantitative estimate of drug-likeness (QED) is 0.587. The van der Waals surface area contributed by atoms with Gasteiger partial charge in [-0.05, 0) is 23.1 Å². The van der Waals surface area contributed by atoms with E-state index < -0.39 is 0 Å². The first kappa shape index (κ1) is 12.6. The van der Waals surface area contributed by atoms with Crippen LogP contribution in [0.5, 0.6) is 0 Å². The van der Waals surface area contributed by atoms with Crippen molar-refractivity contribution >= 4 is 37.9 Å². The maximum atomic E-state index is 6.25. The van der Waals surface area contributed by atoms with E-state index in [0.717, 1.165) is 16.8 Å². The van der Waals surface area contributed by atoms with Crippen molar-refractivity contribution in [2.24, 2.45) is 7.05 Å². The zero-order valence-electron chi connectivity index (χ0n) is 11.4. The van der Waals surface area contributed by atoms with Crippen molar-refractivity contribution in [3.63, 3.8) is 0 Å². The highest BCUT2D eigenvalue weighted by Crippen LogP contribution is 2.41. The molecule has 3 aromatic heterocycles. The molecule has 5 heteroatoms. The Balaban J connectivity index is 1.97. The lowest BCUT2D eigenvalue weighted by molar-refractivity contribution is 0.783. The number of benzene rings is 1. The third kappa shape index (κ3) is 1.97. The average Bonchev–Trinajstić information content (AvgIpc) is 3.14. The summed E-state index contributed by atoms with van der Waals surface area (Å²) in [5, 5.41) is 6.76. The molecule has 1 aromatic carbocycles. The number of hydrogen-bond acceptors (Lipinski definition) is 4. The first-order chi connectivity index (χ1) is 10.2. The van der Waals surface area contributed by atoms with Gasteiger partial charge in [0.15, 0.2) is 0 Å². The summed E-state index contributed by atoms with van der Waals surface area (Å²) in [5.41, 5.74) is 9.34. The fourth-order valence-electron chi connectivity index (χ4n) is 2.48. The lowest BCUT2D eigenvalue weighted by atomic mass is 10.0. The van der Waals surface area contributed by atoms with Crippen LogP contribution >= 0.6 is 22.7 Å². The molecule has 4 rings (SSSR count). The van der Waals surface area contributed by atoms with Crippen molar-refractivity contribution in [2.45, 2.75) is 0 Å². The first-order valence-electron chi connectivity index (χ1n) is 6.59. The molecule has 0 amide bonds. The van der Waals surface area contributed by atoms with Gasteiger partial charge in [0, 0.05) is 16.4 Å². The van der Waals surface area contributed by atoms with Gasteiger partial charge in [0.2, 0.25) is 0 Å². The van der Waals surface area contributed by atoms with Crippen LogP contribution in [-0.2, 0) is 7.05 Å². The minimum absolute atomic E-state index is 0.702. The van der Waals surface area contributed by atoms with Gasteiger partial charge in [0.05, 0.1) is 10.4 Å². The van der Waals surface area contributed by atoms with Gasteiger partial charge in [-0.3, -0.25) is 4.68 Å². The highest BCUT2D eigenvalue weighted by atomic mass is 32.1. The van der Waals surface area contributed by atoms with Crippen LogP contribution < -0.4 is 5.73 Å². The topological polar surface area (TPSA) is 43.8 Å². The fraction of sp³-hybridized carbons (Fsp3) is 0.0625. The molecule has 104 valence electrons. The highest BCUT2D eigenvalue weighted by Gasteiger charge is 2.19. The minimum Gasteiger partial charge on any atom is -0.383 e. The van der Waals surface area contributed by atoms with Gasteiger partial charge < -0.3 is 5.73 Å². The summed E-state index contributed by atoms with van der Waals surface area (Å²) < 4.78 is 4.36. The van der Waals surface area contributed by atoms with Crippen molar-refractivity contribution in [3.05, 3.63) is 47.8 Å². The van der Waals surface area contributed by atoms with Crippen LogP contribution in [0.15, 0.2) is 47.8 Å². The van der Waals surface area contributed by atoms with Crippen LogP contribution in [0.25, 0.3) is 31.1 Å². The van der Waals surface area contributed by atoms with E-state index in [0.29, 0.717) is 5.82 Å². The smallest absolute Gasteiger partial charge is 0.129 e. The second kappa shape index (κ2) is 4.72. The van der Waals surface area contributed by atoms with E-state index in [1.807, 2.05) is 25.2 Å². The maximum absolute atomic E-state index is 6.25. The number of thiophene rings is 2. The molecule has 0 radical (unpaired) electrons. The molecule has 0 saturated carbocycles. The standard InChI is InChI=1S/C16H13N3S2/c1-19-16(17)14(10-5-3-2-4-6-10)15(18-19)13-9-12-11(21-13)7-8-20-12/h2-9H,17H2,1H3. The van der Waals surface area contributed by atoms with Crippen molar-refractivity contribution in [1.29, 1.82) is 0 Å². The van der Waals surface area contributed by atoms with Crippen LogP contribution in [0.3, 0.4) is 0 Å². The van der Waals surface area contributed by atoms with E-state index in [4.69, 9.17) is 5.73 Å². The lowest BCUT2D eigenvalue weighted by Gasteiger charge is -2.02. The zero-order valence-corrected chi connectivity index (χ0v) is 13.0. The summed E-state index contributed by atoms with van der Waals surface area (Å²) in [5.74, 6) is 0.702. The van der Waals surface area contributed by atoms with Gasteiger partial charge in [-0.1, -0.05) is 30.3 Å². The van der Waals surface area contributed by atoms with Crippen LogP contribution in [0.1, 0.15) is 0 Å². The molecule has 0 aliphatic heterocycles. The lowest BCUT2D eigenvalue weighted by Crippen LogP contribution is -1.97. The minimum atomic E-state index is 0.702. The number of nitrogens with zero attached hydrogens (tertiary/aromatic N) is 2. The summed E-state index contributed by atoms with van der Waals surface area (Å²) >= 11 is 3.53. The number of hydrogen-bond donors (Lipinski definition) is 1. The fourth-order valence-corrected chi connectivity index (χ4v) is 4.58. The Labute approximate surface area is 130 Å². The number of nitrogen functional groups attached to an aromatic ring is 1. The number of nitrogens with two attached hydrogens (primary N) is 1. The first-order valence-corrected chi connectivity index (χ1v) is 8.29. The molecule has 0 aliphatic carbocycles. The Bertz CT molecular complexity index is 887. The Morgan fingerprint density at radius 1 is 1.10 bits per heavy atom. The van der Waals surface area contributed by atoms with Crippen molar-refractivity contribution < 1.29 is 0 Å². The summed E-state index contributed by atoms with van der Waals surface area (Å²) in [6, 6.07) is 14.6. The van der Waals surface area contributed by atoms with Crippen LogP contribution in [0.2, 0.25) is 0 Å². The summed E-state index contributed by atoms with van der Waals surface area (Å²) in [4.78, 5) is 1.17. The van der Waals surface area contributed by atoms with Gasteiger partial charge in [0.25, 0.3) is 0 Å². The summed E-state index contributed by atoms with van der Waals surface area (Å²) in [7, 11) is 1.89. The molecular weight excluding hydrogens is 298 g/mol. The van der Waals surface area contributed by atoms with Gasteiger partial charge in [-0.2, -0.15) is 5.10 Å². The predicted molar refractivity (Wildman–Crippen MR) is 91.8 cm³/mol. The van der Waals surface area contributed by atoms with Crippen LogP contribution in [-0.4, -0.2) is 9.78 Å². The Kier molecular flexibility index (Phi) is 2.83. The molecule has 3 nitrogen and oxygen atoms in total. The van der Waals surface area contributed by atoms with Crippen molar-refractivity contribution in [1.82, 2.24) is 9.78 Å². The van der Waals surface area contributed by atoms with E-state index in [1.54, 1.807) is 27.4 Å². The molecule has 0 atom stereocenters. The average molecular weight is 311 g/mol. The monoisotopic (exact) mass is 311 g/mol. The number of aromatic nitrogens is 2. The predicted octanol–water partition coefficient (Wildman–Crippen LogP) is 4.61. The van der Waals surface area contributed by atoms with E-state index >= 15 is 0 Å². The second-order valence-corrected chi connectivity index (χ2v) is 6.89. The molecule has 0 bridgehead atoms. The number of aryl methyl sites for hydroxylation is 1. The molecule has 0 unspecified atom stereocenters. The summed E-state index contributed by atoms with van der Waals surface area (Å²) in [6.45, 7) is 0. The molecule has 3 heterocycles.